The van der Waals surface area contributed by atoms with Crippen LogP contribution in [0.4, 0.5) is 5.69 Å². The second-order valence-electron chi connectivity index (χ2n) is 6.66. The fourth-order valence-electron chi connectivity index (χ4n) is 3.30. The Labute approximate surface area is 168 Å². The molecular weight excluding hydrogens is 370 g/mol. The van der Waals surface area contributed by atoms with Crippen molar-refractivity contribution in [2.75, 3.05) is 5.32 Å². The molecule has 0 saturated carbocycles. The van der Waals surface area contributed by atoms with Crippen LogP contribution in [0.5, 0.6) is 0 Å². The molecule has 0 unspecified atom stereocenters. The smallest absolute Gasteiger partial charge is 0.224 e. The van der Waals surface area contributed by atoms with E-state index in [0.29, 0.717) is 17.9 Å². The van der Waals surface area contributed by atoms with E-state index < -0.39 is 0 Å². The van der Waals surface area contributed by atoms with Gasteiger partial charge in [0, 0.05) is 28.9 Å². The highest BCUT2D eigenvalue weighted by molar-refractivity contribution is 6.31. The van der Waals surface area contributed by atoms with Crippen LogP contribution in [0, 0.1) is 6.92 Å². The number of anilines is 1. The third-order valence-electron chi connectivity index (χ3n) is 4.81. The van der Waals surface area contributed by atoms with Gasteiger partial charge >= 0.3 is 0 Å². The Kier molecular flexibility index (Phi) is 5.13. The Morgan fingerprint density at radius 2 is 1.82 bits per heavy atom. The Hall–Kier alpha value is -3.11. The number of benzene rings is 2. The van der Waals surface area contributed by atoms with Gasteiger partial charge in [-0.25, -0.2) is 4.98 Å². The highest BCUT2D eigenvalue weighted by atomic mass is 35.5. The van der Waals surface area contributed by atoms with E-state index in [1.54, 1.807) is 0 Å². The largest absolute Gasteiger partial charge is 0.326 e. The number of nitrogens with one attached hydrogen (secondary N) is 1. The van der Waals surface area contributed by atoms with Crippen molar-refractivity contribution in [3.05, 3.63) is 89.2 Å². The van der Waals surface area contributed by atoms with Crippen LogP contribution in [0.1, 0.15) is 17.7 Å². The van der Waals surface area contributed by atoms with Gasteiger partial charge in [-0.3, -0.25) is 4.79 Å². The Balaban J connectivity index is 1.59. The lowest BCUT2D eigenvalue weighted by atomic mass is 10.1. The lowest BCUT2D eigenvalue weighted by Gasteiger charge is -2.10. The molecule has 2 heterocycles. The molecule has 140 valence electrons. The van der Waals surface area contributed by atoms with Gasteiger partial charge in [-0.1, -0.05) is 54.1 Å². The van der Waals surface area contributed by atoms with E-state index in [9.17, 15) is 4.79 Å². The summed E-state index contributed by atoms with van der Waals surface area (Å²) in [4.78, 5) is 17.4. The maximum absolute atomic E-state index is 12.6. The van der Waals surface area contributed by atoms with Gasteiger partial charge in [0.25, 0.3) is 0 Å². The minimum absolute atomic E-state index is 0.0461. The number of aryl methyl sites for hydroxylation is 1. The van der Waals surface area contributed by atoms with Crippen molar-refractivity contribution in [3.8, 4) is 11.3 Å². The molecule has 0 aliphatic rings. The molecule has 0 aliphatic carbocycles. The van der Waals surface area contributed by atoms with Crippen LogP contribution in [0.15, 0.2) is 72.9 Å². The third-order valence-corrected chi connectivity index (χ3v) is 5.22. The number of rotatable bonds is 5. The van der Waals surface area contributed by atoms with E-state index in [0.717, 1.165) is 33.8 Å². The molecule has 0 aliphatic heterocycles. The second-order valence-corrected chi connectivity index (χ2v) is 7.07. The first kappa shape index (κ1) is 18.3. The molecule has 2 aromatic heterocycles. The monoisotopic (exact) mass is 389 g/mol. The molecule has 0 spiro atoms. The van der Waals surface area contributed by atoms with Crippen molar-refractivity contribution >= 4 is 28.8 Å². The van der Waals surface area contributed by atoms with E-state index >= 15 is 0 Å². The fraction of sp³-hybridized carbons (Fsp3) is 0.130. The summed E-state index contributed by atoms with van der Waals surface area (Å²) in [5, 5.41) is 3.61. The van der Waals surface area contributed by atoms with Crippen molar-refractivity contribution in [2.45, 2.75) is 19.8 Å². The Bertz CT molecular complexity index is 1140. The minimum atomic E-state index is -0.0461. The summed E-state index contributed by atoms with van der Waals surface area (Å²) in [6, 6.07) is 21.5. The molecule has 1 amide bonds. The maximum Gasteiger partial charge on any atom is 0.224 e. The maximum atomic E-state index is 12.6. The molecule has 2 aromatic carbocycles. The van der Waals surface area contributed by atoms with Gasteiger partial charge in [0.05, 0.1) is 11.4 Å². The van der Waals surface area contributed by atoms with Gasteiger partial charge < -0.3 is 9.72 Å². The number of fused-ring (bicyclic) bond motifs is 1. The van der Waals surface area contributed by atoms with Gasteiger partial charge in [-0.15, -0.1) is 0 Å². The van der Waals surface area contributed by atoms with Crippen molar-refractivity contribution in [1.82, 2.24) is 9.38 Å². The van der Waals surface area contributed by atoms with Gasteiger partial charge in [0.15, 0.2) is 0 Å². The first-order chi connectivity index (χ1) is 13.6. The number of carbonyl (C=O) groups is 1. The molecule has 28 heavy (non-hydrogen) atoms. The highest BCUT2D eigenvalue weighted by Gasteiger charge is 2.15. The van der Waals surface area contributed by atoms with Crippen LogP contribution in [0.2, 0.25) is 5.02 Å². The molecule has 1 N–H and O–H groups in total. The first-order valence-corrected chi connectivity index (χ1v) is 9.57. The summed E-state index contributed by atoms with van der Waals surface area (Å²) in [5.41, 5.74) is 5.49. The van der Waals surface area contributed by atoms with E-state index in [-0.39, 0.29) is 5.91 Å². The zero-order valence-corrected chi connectivity index (χ0v) is 16.3. The van der Waals surface area contributed by atoms with E-state index in [2.05, 4.69) is 9.72 Å². The molecule has 4 nitrogen and oxygen atoms in total. The van der Waals surface area contributed by atoms with E-state index in [4.69, 9.17) is 16.6 Å². The average Bonchev–Trinajstić information content (AvgIpc) is 3.09. The molecule has 4 rings (SSSR count). The predicted molar refractivity (Wildman–Crippen MR) is 114 cm³/mol. The zero-order chi connectivity index (χ0) is 19.5. The SMILES string of the molecule is Cc1c(Cl)cccc1NC(=O)CCc1c(-c2ccccc2)nc2ccccn12. The number of aromatic nitrogens is 2. The number of imidazole rings is 1. The van der Waals surface area contributed by atoms with E-state index in [1.807, 2.05) is 79.9 Å². The number of hydrogen-bond donors (Lipinski definition) is 1. The lowest BCUT2D eigenvalue weighted by molar-refractivity contribution is -0.116. The number of carbonyl (C=O) groups excluding carboxylic acids is 1. The van der Waals surface area contributed by atoms with Crippen LogP contribution >= 0.6 is 11.6 Å². The summed E-state index contributed by atoms with van der Waals surface area (Å²) in [5.74, 6) is -0.0461. The van der Waals surface area contributed by atoms with E-state index in [1.165, 1.54) is 0 Å². The minimum Gasteiger partial charge on any atom is -0.326 e. The number of hydrogen-bond acceptors (Lipinski definition) is 2. The van der Waals surface area contributed by atoms with Crippen molar-refractivity contribution < 1.29 is 4.79 Å². The van der Waals surface area contributed by atoms with Gasteiger partial charge in [-0.2, -0.15) is 0 Å². The summed E-state index contributed by atoms with van der Waals surface area (Å²) in [6.45, 7) is 1.90. The standard InChI is InChI=1S/C23H20ClN3O/c1-16-18(24)10-7-11-19(16)25-22(28)14-13-20-23(17-8-3-2-4-9-17)26-21-12-5-6-15-27(20)21/h2-12,15H,13-14H2,1H3,(H,25,28). The molecule has 5 heteroatoms. The van der Waals surface area contributed by atoms with Gasteiger partial charge in [0.1, 0.15) is 5.65 Å². The van der Waals surface area contributed by atoms with Crippen LogP contribution in [-0.4, -0.2) is 15.3 Å². The lowest BCUT2D eigenvalue weighted by Crippen LogP contribution is -2.14. The topological polar surface area (TPSA) is 46.4 Å². The summed E-state index contributed by atoms with van der Waals surface area (Å²) < 4.78 is 2.06. The average molecular weight is 390 g/mol. The molecule has 0 radical (unpaired) electrons. The Morgan fingerprint density at radius 3 is 2.64 bits per heavy atom. The number of amides is 1. The summed E-state index contributed by atoms with van der Waals surface area (Å²) in [6.07, 6.45) is 2.93. The fourth-order valence-corrected chi connectivity index (χ4v) is 3.47. The third kappa shape index (κ3) is 3.64. The predicted octanol–water partition coefficient (Wildman–Crippen LogP) is 5.53. The van der Waals surface area contributed by atoms with Crippen LogP contribution in [-0.2, 0) is 11.2 Å². The van der Waals surface area contributed by atoms with Gasteiger partial charge in [-0.05, 0) is 43.2 Å². The normalized spacial score (nSPS) is 10.9. The molecule has 0 atom stereocenters. The quantitative estimate of drug-likeness (QED) is 0.487. The molecule has 0 saturated heterocycles. The number of nitrogens with zero attached hydrogens (tertiary/aromatic N) is 2. The Morgan fingerprint density at radius 1 is 1.04 bits per heavy atom. The second kappa shape index (κ2) is 7.87. The van der Waals surface area contributed by atoms with Gasteiger partial charge in [0.2, 0.25) is 5.91 Å². The molecule has 4 aromatic rings. The summed E-state index contributed by atoms with van der Waals surface area (Å²) in [7, 11) is 0. The zero-order valence-electron chi connectivity index (χ0n) is 15.5. The number of pyridine rings is 1. The molecular formula is C23H20ClN3O. The molecule has 0 bridgehead atoms. The van der Waals surface area contributed by atoms with Crippen molar-refractivity contribution in [3.63, 3.8) is 0 Å². The van der Waals surface area contributed by atoms with Crippen LogP contribution in [0.3, 0.4) is 0 Å². The van der Waals surface area contributed by atoms with Crippen LogP contribution < -0.4 is 5.32 Å². The van der Waals surface area contributed by atoms with Crippen molar-refractivity contribution in [1.29, 1.82) is 0 Å². The number of halogens is 1. The first-order valence-electron chi connectivity index (χ1n) is 9.20. The summed E-state index contributed by atoms with van der Waals surface area (Å²) >= 11 is 6.15. The van der Waals surface area contributed by atoms with Crippen molar-refractivity contribution in [2.24, 2.45) is 0 Å². The highest BCUT2D eigenvalue weighted by Crippen LogP contribution is 2.26. The molecule has 0 fully saturated rings. The van der Waals surface area contributed by atoms with Crippen LogP contribution in [0.25, 0.3) is 16.9 Å².